The number of hydrogen-bond donors (Lipinski definition) is 0. The van der Waals surface area contributed by atoms with Crippen molar-refractivity contribution in [1.82, 2.24) is 0 Å². The van der Waals surface area contributed by atoms with E-state index in [-0.39, 0.29) is 0 Å². The Kier molecular flexibility index (Phi) is 2.24. The van der Waals surface area contributed by atoms with E-state index in [0.29, 0.717) is 12.7 Å². The first kappa shape index (κ1) is 6.76. The second-order valence-electron chi connectivity index (χ2n) is 2.02. The second-order valence-corrected chi connectivity index (χ2v) is 4.06. The van der Waals surface area contributed by atoms with Gasteiger partial charge in [0.15, 0.2) is 0 Å². The smallest absolute Gasteiger partial charge is 0.263 e. The van der Waals surface area contributed by atoms with Crippen LogP contribution >= 0.6 is 0 Å². The molecular formula is C5H8O3Si-. The van der Waals surface area contributed by atoms with Gasteiger partial charge in [-0.05, 0) is 12.5 Å². The van der Waals surface area contributed by atoms with Crippen molar-refractivity contribution in [1.29, 1.82) is 0 Å². The van der Waals surface area contributed by atoms with E-state index in [4.69, 9.17) is 4.43 Å². The van der Waals surface area contributed by atoms with Crippen LogP contribution in [0.25, 0.3) is 0 Å². The minimum absolute atomic E-state index is 0.613. The number of carboxylic acid groups (broad SMARTS) is 1. The SMILES string of the molecule is O=C([O-])[Si]1CCCCO1. The fourth-order valence-electron chi connectivity index (χ4n) is 0.816. The number of hydrogen-bond acceptors (Lipinski definition) is 3. The Balaban J connectivity index is 2.31. The first-order chi connectivity index (χ1) is 4.30. The highest BCUT2D eigenvalue weighted by molar-refractivity contribution is 6.82. The molecule has 0 saturated carbocycles. The van der Waals surface area contributed by atoms with Gasteiger partial charge in [-0.25, -0.2) is 0 Å². The zero-order valence-electron chi connectivity index (χ0n) is 5.05. The molecule has 1 fully saturated rings. The van der Waals surface area contributed by atoms with Gasteiger partial charge in [0, 0.05) is 6.61 Å². The van der Waals surface area contributed by atoms with Gasteiger partial charge in [-0.3, -0.25) is 0 Å². The lowest BCUT2D eigenvalue weighted by atomic mass is 10.4. The standard InChI is InChI=1S/C5H9O3Si/c6-5(7)9-4-2-1-3-8-9/h1-4H2,(H,6,7)/p-1. The third-order valence-corrected chi connectivity index (χ3v) is 3.12. The van der Waals surface area contributed by atoms with Crippen LogP contribution in [0.2, 0.25) is 6.04 Å². The quantitative estimate of drug-likeness (QED) is 0.475. The highest BCUT2D eigenvalue weighted by atomic mass is 28.3. The first-order valence-electron chi connectivity index (χ1n) is 3.00. The van der Waals surface area contributed by atoms with Gasteiger partial charge in [0.1, 0.15) is 0 Å². The summed E-state index contributed by atoms with van der Waals surface area (Å²) in [6, 6.07) is 0.715. The van der Waals surface area contributed by atoms with E-state index in [1.165, 1.54) is 0 Å². The van der Waals surface area contributed by atoms with E-state index in [1.54, 1.807) is 0 Å². The van der Waals surface area contributed by atoms with Gasteiger partial charge in [-0.15, -0.1) is 0 Å². The lowest BCUT2D eigenvalue weighted by Gasteiger charge is -2.20. The van der Waals surface area contributed by atoms with Crippen LogP contribution in [0, 0.1) is 0 Å². The molecule has 0 aliphatic carbocycles. The molecule has 0 aromatic carbocycles. The molecule has 1 heterocycles. The van der Waals surface area contributed by atoms with Gasteiger partial charge in [-0.2, -0.15) is 0 Å². The summed E-state index contributed by atoms with van der Waals surface area (Å²) >= 11 is 0. The number of rotatable bonds is 1. The molecule has 0 atom stereocenters. The van der Waals surface area contributed by atoms with Crippen LogP contribution in [0.1, 0.15) is 12.8 Å². The van der Waals surface area contributed by atoms with Crippen molar-refractivity contribution < 1.29 is 14.3 Å². The van der Waals surface area contributed by atoms with Crippen molar-refractivity contribution in [3.63, 3.8) is 0 Å². The van der Waals surface area contributed by atoms with Crippen molar-refractivity contribution in [2.45, 2.75) is 18.9 Å². The maximum absolute atomic E-state index is 10.2. The van der Waals surface area contributed by atoms with Crippen LogP contribution in [0.4, 0.5) is 4.79 Å². The monoisotopic (exact) mass is 144 g/mol. The molecule has 0 amide bonds. The molecule has 1 aliphatic rings. The molecule has 51 valence electrons. The topological polar surface area (TPSA) is 49.4 Å². The number of carbonyl (C=O) groups excluding carboxylic acids is 1. The average molecular weight is 144 g/mol. The van der Waals surface area contributed by atoms with Gasteiger partial charge in [0.25, 0.3) is 9.04 Å². The molecule has 0 spiro atoms. The third-order valence-electron chi connectivity index (χ3n) is 1.30. The predicted molar refractivity (Wildman–Crippen MR) is 31.1 cm³/mol. The largest absolute Gasteiger partial charge is 0.552 e. The Morgan fingerprint density at radius 2 is 2.33 bits per heavy atom. The van der Waals surface area contributed by atoms with Crippen LogP contribution in [-0.4, -0.2) is 21.2 Å². The molecule has 0 aromatic heterocycles. The summed E-state index contributed by atoms with van der Waals surface area (Å²) in [7, 11) is -1.56. The zero-order valence-corrected chi connectivity index (χ0v) is 6.05. The molecule has 0 unspecified atom stereocenters. The Hall–Kier alpha value is -0.353. The minimum atomic E-state index is -1.56. The van der Waals surface area contributed by atoms with E-state index in [9.17, 15) is 9.90 Å². The lowest BCUT2D eigenvalue weighted by molar-refractivity contribution is -0.236. The Morgan fingerprint density at radius 1 is 1.56 bits per heavy atom. The summed E-state index contributed by atoms with van der Waals surface area (Å²) < 4.78 is 4.98. The molecule has 1 saturated heterocycles. The van der Waals surface area contributed by atoms with E-state index < -0.39 is 14.6 Å². The molecular weight excluding hydrogens is 136 g/mol. The van der Waals surface area contributed by atoms with Crippen molar-refractivity contribution in [3.05, 3.63) is 0 Å². The molecule has 4 heteroatoms. The summed E-state index contributed by atoms with van der Waals surface area (Å²) in [5.41, 5.74) is -0.972. The Labute approximate surface area is 55.4 Å². The third kappa shape index (κ3) is 1.80. The van der Waals surface area contributed by atoms with Crippen molar-refractivity contribution in [3.8, 4) is 0 Å². The summed E-state index contributed by atoms with van der Waals surface area (Å²) in [6.07, 6.45) is 1.99. The lowest BCUT2D eigenvalue weighted by Crippen LogP contribution is -2.42. The maximum atomic E-state index is 10.2. The summed E-state index contributed by atoms with van der Waals surface area (Å²) in [4.78, 5) is 10.2. The van der Waals surface area contributed by atoms with Crippen molar-refractivity contribution in [2.75, 3.05) is 6.61 Å². The van der Waals surface area contributed by atoms with Crippen molar-refractivity contribution >= 4 is 14.6 Å². The van der Waals surface area contributed by atoms with Gasteiger partial charge in [-0.1, -0.05) is 6.42 Å². The van der Waals surface area contributed by atoms with Gasteiger partial charge in [0.05, 0.1) is 5.59 Å². The zero-order chi connectivity index (χ0) is 6.69. The molecule has 0 bridgehead atoms. The fourth-order valence-corrected chi connectivity index (χ4v) is 2.24. The summed E-state index contributed by atoms with van der Waals surface area (Å²) in [5.74, 6) is 0. The van der Waals surface area contributed by atoms with E-state index in [0.717, 1.165) is 12.8 Å². The van der Waals surface area contributed by atoms with Crippen molar-refractivity contribution in [2.24, 2.45) is 0 Å². The Bertz CT molecular complexity index is 109. The molecule has 3 nitrogen and oxygen atoms in total. The highest BCUT2D eigenvalue weighted by Crippen LogP contribution is 2.09. The minimum Gasteiger partial charge on any atom is -0.552 e. The normalized spacial score (nSPS) is 21.8. The first-order valence-corrected chi connectivity index (χ1v) is 4.62. The molecule has 9 heavy (non-hydrogen) atoms. The summed E-state index contributed by atoms with van der Waals surface area (Å²) in [6.45, 7) is 0.613. The average Bonchev–Trinajstić information content (AvgIpc) is 1.90. The second kappa shape index (κ2) is 2.98. The molecule has 0 N–H and O–H groups in total. The molecule has 1 radical (unpaired) electrons. The molecule has 0 aromatic rings. The van der Waals surface area contributed by atoms with Gasteiger partial charge in [0.2, 0.25) is 0 Å². The van der Waals surface area contributed by atoms with Crippen LogP contribution in [0.3, 0.4) is 0 Å². The maximum Gasteiger partial charge on any atom is 0.263 e. The van der Waals surface area contributed by atoms with Crippen LogP contribution in [0.5, 0.6) is 0 Å². The molecule has 1 aliphatic heterocycles. The fraction of sp³-hybridized carbons (Fsp3) is 0.800. The summed E-state index contributed by atoms with van der Waals surface area (Å²) in [5, 5.41) is 10.2. The Morgan fingerprint density at radius 3 is 2.67 bits per heavy atom. The van der Waals surface area contributed by atoms with E-state index >= 15 is 0 Å². The van der Waals surface area contributed by atoms with E-state index in [1.807, 2.05) is 0 Å². The van der Waals surface area contributed by atoms with E-state index in [2.05, 4.69) is 0 Å². The van der Waals surface area contributed by atoms with Gasteiger partial charge < -0.3 is 14.3 Å². The van der Waals surface area contributed by atoms with Gasteiger partial charge >= 0.3 is 0 Å². The van der Waals surface area contributed by atoms with Crippen LogP contribution in [-0.2, 0) is 4.43 Å². The number of carbonyl (C=O) groups is 1. The van der Waals surface area contributed by atoms with Crippen LogP contribution < -0.4 is 5.11 Å². The highest BCUT2D eigenvalue weighted by Gasteiger charge is 2.17. The predicted octanol–water partition coefficient (Wildman–Crippen LogP) is -0.287. The van der Waals surface area contributed by atoms with Crippen LogP contribution in [0.15, 0.2) is 0 Å². The molecule has 1 rings (SSSR count).